The number of aromatic nitrogens is 1. The third-order valence-electron chi connectivity index (χ3n) is 4.19. The number of alkyl halides is 3. The van der Waals surface area contributed by atoms with Gasteiger partial charge in [-0.3, -0.25) is 4.79 Å². The van der Waals surface area contributed by atoms with E-state index >= 15 is 0 Å². The van der Waals surface area contributed by atoms with Crippen LogP contribution >= 0.6 is 23.2 Å². The van der Waals surface area contributed by atoms with Crippen molar-refractivity contribution in [2.24, 2.45) is 0 Å². The van der Waals surface area contributed by atoms with Crippen LogP contribution in [0.25, 0.3) is 21.8 Å². The number of benzene rings is 3. The van der Waals surface area contributed by atoms with Gasteiger partial charge in [0.1, 0.15) is 5.75 Å². The summed E-state index contributed by atoms with van der Waals surface area (Å²) in [5.74, 6) is -0.322. The van der Waals surface area contributed by atoms with Crippen molar-refractivity contribution in [3.63, 3.8) is 0 Å². The van der Waals surface area contributed by atoms with Crippen molar-refractivity contribution in [3.05, 3.63) is 74.9 Å². The Kier molecular flexibility index (Phi) is 4.80. The number of pyridine rings is 1. The fraction of sp³-hybridized carbons (Fsp3) is 0.0500. The average molecular weight is 439 g/mol. The summed E-state index contributed by atoms with van der Waals surface area (Å²) in [4.78, 5) is 16.0. The van der Waals surface area contributed by atoms with Gasteiger partial charge in [-0.1, -0.05) is 23.2 Å². The molecule has 0 radical (unpaired) electrons. The fourth-order valence-corrected chi connectivity index (χ4v) is 3.59. The van der Waals surface area contributed by atoms with Crippen LogP contribution in [0.5, 0.6) is 5.75 Å². The minimum atomic E-state index is -4.75. The zero-order chi connectivity index (χ0) is 20.8. The Labute approximate surface area is 171 Å². The van der Waals surface area contributed by atoms with Gasteiger partial charge in [-0.2, -0.15) is 0 Å². The summed E-state index contributed by atoms with van der Waals surface area (Å²) in [6.45, 7) is 0. The predicted molar refractivity (Wildman–Crippen MR) is 109 cm³/mol. The second-order valence-electron chi connectivity index (χ2n) is 6.22. The Bertz CT molecular complexity index is 1290. The molecule has 1 aromatic heterocycles. The molecule has 4 nitrogen and oxygen atoms in total. The van der Waals surface area contributed by atoms with E-state index < -0.39 is 6.36 Å². The van der Waals surface area contributed by atoms with Gasteiger partial charge < -0.3 is 15.0 Å². The summed E-state index contributed by atoms with van der Waals surface area (Å²) < 4.78 is 40.6. The number of aromatic amines is 1. The molecule has 0 saturated heterocycles. The van der Waals surface area contributed by atoms with Crippen LogP contribution in [-0.4, -0.2) is 11.3 Å². The lowest BCUT2D eigenvalue weighted by Crippen LogP contribution is -2.16. The van der Waals surface area contributed by atoms with E-state index in [9.17, 15) is 18.0 Å². The van der Waals surface area contributed by atoms with E-state index in [0.717, 1.165) is 0 Å². The quantitative estimate of drug-likeness (QED) is 0.353. The second kappa shape index (κ2) is 7.17. The predicted octanol–water partition coefficient (Wildman–Crippen LogP) is 6.63. The molecule has 0 spiro atoms. The molecule has 0 unspecified atom stereocenters. The maximum Gasteiger partial charge on any atom is 0.573 e. The summed E-state index contributed by atoms with van der Waals surface area (Å²) in [5.41, 5.74) is 1.98. The van der Waals surface area contributed by atoms with Crippen molar-refractivity contribution in [3.8, 4) is 5.75 Å². The van der Waals surface area contributed by atoms with Crippen LogP contribution in [0.4, 0.5) is 24.5 Å². The monoisotopic (exact) mass is 438 g/mol. The summed E-state index contributed by atoms with van der Waals surface area (Å²) in [6, 6.07) is 13.5. The Hall–Kier alpha value is -2.90. The lowest BCUT2D eigenvalue weighted by Gasteiger charge is -2.11. The largest absolute Gasteiger partial charge is 0.573 e. The van der Waals surface area contributed by atoms with Gasteiger partial charge in [0.15, 0.2) is 5.43 Å². The Morgan fingerprint density at radius 3 is 2.28 bits per heavy atom. The van der Waals surface area contributed by atoms with Gasteiger partial charge in [-0.25, -0.2) is 0 Å². The molecule has 0 aliphatic rings. The maximum atomic E-state index is 12.9. The van der Waals surface area contributed by atoms with Crippen molar-refractivity contribution in [1.29, 1.82) is 0 Å². The molecular weight excluding hydrogens is 428 g/mol. The molecule has 0 saturated carbocycles. The van der Waals surface area contributed by atoms with Crippen LogP contribution in [0.2, 0.25) is 10.0 Å². The second-order valence-corrected chi connectivity index (χ2v) is 7.07. The molecular formula is C20H11Cl2F3N2O2. The van der Waals surface area contributed by atoms with E-state index in [0.29, 0.717) is 38.2 Å². The highest BCUT2D eigenvalue weighted by Crippen LogP contribution is 2.29. The lowest BCUT2D eigenvalue weighted by atomic mass is 10.1. The topological polar surface area (TPSA) is 54.1 Å². The van der Waals surface area contributed by atoms with E-state index in [1.165, 1.54) is 30.3 Å². The molecule has 0 aliphatic heterocycles. The molecule has 0 fully saturated rings. The highest BCUT2D eigenvalue weighted by atomic mass is 35.5. The number of nitrogens with one attached hydrogen (secondary N) is 2. The standard InChI is InChI=1S/C20H11Cl2F3N2O2/c21-10-7-15(22)18-17(8-10)27-16-6-3-12(9-14(16)19(18)28)26-11-1-4-13(5-2-11)29-20(23,24)25/h1-9,26H,(H,27,28). The fourth-order valence-electron chi connectivity index (χ4n) is 3.01. The van der Waals surface area contributed by atoms with Crippen molar-refractivity contribution in [1.82, 2.24) is 4.98 Å². The number of halogens is 5. The van der Waals surface area contributed by atoms with Crippen LogP contribution in [-0.2, 0) is 0 Å². The highest BCUT2D eigenvalue weighted by molar-refractivity contribution is 6.38. The minimum Gasteiger partial charge on any atom is -0.406 e. The molecule has 2 N–H and O–H groups in total. The zero-order valence-electron chi connectivity index (χ0n) is 14.4. The first-order valence-electron chi connectivity index (χ1n) is 8.27. The Morgan fingerprint density at radius 2 is 1.59 bits per heavy atom. The molecule has 1 heterocycles. The van der Waals surface area contributed by atoms with E-state index in [2.05, 4.69) is 15.0 Å². The molecule has 4 aromatic rings. The number of rotatable bonds is 3. The summed E-state index contributed by atoms with van der Waals surface area (Å²) in [5, 5.41) is 4.43. The number of ether oxygens (including phenoxy) is 1. The number of fused-ring (bicyclic) bond motifs is 2. The van der Waals surface area contributed by atoms with Crippen LogP contribution in [0.15, 0.2) is 59.4 Å². The lowest BCUT2D eigenvalue weighted by molar-refractivity contribution is -0.274. The van der Waals surface area contributed by atoms with Gasteiger partial charge in [0.2, 0.25) is 0 Å². The van der Waals surface area contributed by atoms with Crippen LogP contribution in [0, 0.1) is 0 Å². The first-order chi connectivity index (χ1) is 13.7. The van der Waals surface area contributed by atoms with Gasteiger partial charge in [-0.05, 0) is 54.6 Å². The summed E-state index contributed by atoms with van der Waals surface area (Å²) >= 11 is 12.2. The van der Waals surface area contributed by atoms with Gasteiger partial charge in [0.05, 0.1) is 15.9 Å². The van der Waals surface area contributed by atoms with E-state index in [-0.39, 0.29) is 16.2 Å². The van der Waals surface area contributed by atoms with E-state index in [1.54, 1.807) is 24.3 Å². The van der Waals surface area contributed by atoms with Crippen LogP contribution in [0.1, 0.15) is 0 Å². The SMILES string of the molecule is O=c1c2cc(Nc3ccc(OC(F)(F)F)cc3)ccc2[nH]c2cc(Cl)cc(Cl)c12. The highest BCUT2D eigenvalue weighted by Gasteiger charge is 2.30. The first-order valence-corrected chi connectivity index (χ1v) is 9.03. The number of hydrogen-bond donors (Lipinski definition) is 2. The molecule has 0 amide bonds. The molecule has 148 valence electrons. The molecule has 0 bridgehead atoms. The smallest absolute Gasteiger partial charge is 0.406 e. The summed E-state index contributed by atoms with van der Waals surface area (Å²) in [6.07, 6.45) is -4.75. The van der Waals surface area contributed by atoms with Gasteiger partial charge in [-0.15, -0.1) is 13.2 Å². The number of H-pyrrole nitrogens is 1. The minimum absolute atomic E-state index is 0.245. The maximum absolute atomic E-state index is 12.9. The molecule has 29 heavy (non-hydrogen) atoms. The van der Waals surface area contributed by atoms with Crippen LogP contribution in [0.3, 0.4) is 0 Å². The zero-order valence-corrected chi connectivity index (χ0v) is 15.9. The third-order valence-corrected chi connectivity index (χ3v) is 4.71. The van der Waals surface area contributed by atoms with Gasteiger partial charge >= 0.3 is 6.36 Å². The Balaban J connectivity index is 1.69. The van der Waals surface area contributed by atoms with Gasteiger partial charge in [0, 0.05) is 27.3 Å². The molecule has 4 rings (SSSR count). The molecule has 0 aliphatic carbocycles. The summed E-state index contributed by atoms with van der Waals surface area (Å²) in [7, 11) is 0. The Morgan fingerprint density at radius 1 is 0.897 bits per heavy atom. The van der Waals surface area contributed by atoms with Crippen molar-refractivity contribution >= 4 is 56.4 Å². The van der Waals surface area contributed by atoms with Crippen molar-refractivity contribution in [2.45, 2.75) is 6.36 Å². The third kappa shape index (κ3) is 4.11. The van der Waals surface area contributed by atoms with E-state index in [4.69, 9.17) is 23.2 Å². The molecule has 3 aromatic carbocycles. The van der Waals surface area contributed by atoms with E-state index in [1.807, 2.05) is 0 Å². The van der Waals surface area contributed by atoms with Crippen molar-refractivity contribution < 1.29 is 17.9 Å². The molecule has 9 heteroatoms. The van der Waals surface area contributed by atoms with Crippen molar-refractivity contribution in [2.75, 3.05) is 5.32 Å². The number of hydrogen-bond acceptors (Lipinski definition) is 3. The normalized spacial score (nSPS) is 11.8. The van der Waals surface area contributed by atoms with Gasteiger partial charge in [0.25, 0.3) is 0 Å². The first kappa shape index (κ1) is 19.4. The number of anilines is 2. The molecule has 0 atom stereocenters. The average Bonchev–Trinajstić information content (AvgIpc) is 2.62. The van der Waals surface area contributed by atoms with Crippen LogP contribution < -0.4 is 15.5 Å².